The van der Waals surface area contributed by atoms with Crippen molar-refractivity contribution >= 4 is 15.7 Å². The minimum absolute atomic E-state index is 0.0632. The monoisotopic (exact) mass is 313 g/mol. The maximum absolute atomic E-state index is 12.3. The van der Waals surface area contributed by atoms with Crippen LogP contribution in [0.2, 0.25) is 0 Å². The van der Waals surface area contributed by atoms with Crippen molar-refractivity contribution in [3.05, 3.63) is 17.0 Å². The highest BCUT2D eigenvalue weighted by Crippen LogP contribution is 2.30. The smallest absolute Gasteiger partial charge is 0.224 e. The van der Waals surface area contributed by atoms with Gasteiger partial charge in [0.1, 0.15) is 9.84 Å². The van der Waals surface area contributed by atoms with Crippen LogP contribution >= 0.6 is 0 Å². The zero-order valence-corrected chi connectivity index (χ0v) is 13.9. The Kier molecular flexibility index (Phi) is 4.41. The van der Waals surface area contributed by atoms with Crippen LogP contribution < -0.4 is 0 Å². The van der Waals surface area contributed by atoms with E-state index in [1.807, 2.05) is 30.5 Å². The lowest BCUT2D eigenvalue weighted by Crippen LogP contribution is -2.34. The lowest BCUT2D eigenvalue weighted by molar-refractivity contribution is -0.132. The van der Waals surface area contributed by atoms with Crippen molar-refractivity contribution in [2.45, 2.75) is 45.7 Å². The fraction of sp³-hybridized carbons (Fsp3) is 0.714. The molecule has 1 aromatic rings. The summed E-state index contributed by atoms with van der Waals surface area (Å²) in [5.41, 5.74) is 3.04. The molecule has 0 aliphatic heterocycles. The van der Waals surface area contributed by atoms with E-state index in [2.05, 4.69) is 5.10 Å². The van der Waals surface area contributed by atoms with Gasteiger partial charge in [0.15, 0.2) is 0 Å². The molecule has 1 saturated carbocycles. The molecule has 0 spiro atoms. The Hall–Kier alpha value is -1.37. The highest BCUT2D eigenvalue weighted by Gasteiger charge is 2.33. The number of hydrogen-bond acceptors (Lipinski definition) is 4. The lowest BCUT2D eigenvalue weighted by Gasteiger charge is -2.22. The number of carbonyl (C=O) groups excluding carboxylic acids is 1. The molecule has 1 aromatic heterocycles. The van der Waals surface area contributed by atoms with Gasteiger partial charge < -0.3 is 4.90 Å². The summed E-state index contributed by atoms with van der Waals surface area (Å²) in [6, 6.07) is 0.260. The van der Waals surface area contributed by atoms with E-state index in [1.165, 1.54) is 0 Å². The first-order valence-corrected chi connectivity index (χ1v) is 9.21. The Morgan fingerprint density at radius 2 is 2.00 bits per heavy atom. The van der Waals surface area contributed by atoms with E-state index >= 15 is 0 Å². The first-order chi connectivity index (χ1) is 9.69. The summed E-state index contributed by atoms with van der Waals surface area (Å²) in [6.07, 6.45) is 3.23. The van der Waals surface area contributed by atoms with E-state index in [9.17, 15) is 13.2 Å². The SMILES string of the molecule is Cc1nn(C)c(C)c1CN(C(=O)CCS(C)(=O)=O)C1CC1. The molecule has 118 valence electrons. The summed E-state index contributed by atoms with van der Waals surface area (Å²) in [6.45, 7) is 4.45. The number of hydrogen-bond donors (Lipinski definition) is 0. The molecular weight excluding hydrogens is 290 g/mol. The Morgan fingerprint density at radius 3 is 2.43 bits per heavy atom. The zero-order valence-electron chi connectivity index (χ0n) is 13.1. The molecule has 2 rings (SSSR count). The topological polar surface area (TPSA) is 72.3 Å². The minimum atomic E-state index is -3.11. The normalized spacial score (nSPS) is 15.2. The van der Waals surface area contributed by atoms with Crippen LogP contribution in [0.1, 0.15) is 36.2 Å². The van der Waals surface area contributed by atoms with Gasteiger partial charge in [0.2, 0.25) is 5.91 Å². The van der Waals surface area contributed by atoms with E-state index in [4.69, 9.17) is 0 Å². The molecule has 0 radical (unpaired) electrons. The van der Waals surface area contributed by atoms with Gasteiger partial charge in [-0.25, -0.2) is 8.42 Å². The Labute approximate surface area is 126 Å². The molecule has 0 aromatic carbocycles. The average Bonchev–Trinajstić information content (AvgIpc) is 3.16. The van der Waals surface area contributed by atoms with Crippen LogP contribution in [-0.4, -0.2) is 47.1 Å². The fourth-order valence-corrected chi connectivity index (χ4v) is 2.99. The maximum Gasteiger partial charge on any atom is 0.224 e. The average molecular weight is 313 g/mol. The van der Waals surface area contributed by atoms with Crippen LogP contribution in [0.15, 0.2) is 0 Å². The van der Waals surface area contributed by atoms with Crippen molar-refractivity contribution in [2.75, 3.05) is 12.0 Å². The van der Waals surface area contributed by atoms with Gasteiger partial charge in [-0.2, -0.15) is 5.10 Å². The van der Waals surface area contributed by atoms with Crippen molar-refractivity contribution < 1.29 is 13.2 Å². The third-order valence-corrected chi connectivity index (χ3v) is 4.93. The van der Waals surface area contributed by atoms with E-state index in [0.717, 1.165) is 36.0 Å². The molecule has 1 amide bonds. The number of aryl methyl sites for hydroxylation is 2. The van der Waals surface area contributed by atoms with Crippen LogP contribution in [0, 0.1) is 13.8 Å². The van der Waals surface area contributed by atoms with Crippen molar-refractivity contribution in [3.63, 3.8) is 0 Å². The van der Waals surface area contributed by atoms with Gasteiger partial charge in [-0.1, -0.05) is 0 Å². The molecule has 0 bridgehead atoms. The van der Waals surface area contributed by atoms with Gasteiger partial charge in [-0.05, 0) is 26.7 Å². The first kappa shape index (κ1) is 16.0. The number of nitrogens with zero attached hydrogens (tertiary/aromatic N) is 3. The molecule has 0 N–H and O–H groups in total. The highest BCUT2D eigenvalue weighted by atomic mass is 32.2. The molecule has 1 heterocycles. The Morgan fingerprint density at radius 1 is 1.38 bits per heavy atom. The van der Waals surface area contributed by atoms with Gasteiger partial charge in [0.25, 0.3) is 0 Å². The summed E-state index contributed by atoms with van der Waals surface area (Å²) in [5, 5.41) is 4.37. The van der Waals surface area contributed by atoms with E-state index in [0.29, 0.717) is 6.54 Å². The molecule has 0 unspecified atom stereocenters. The number of sulfone groups is 1. The second-order valence-corrected chi connectivity index (χ2v) is 8.17. The van der Waals surface area contributed by atoms with Crippen LogP contribution in [0.5, 0.6) is 0 Å². The van der Waals surface area contributed by atoms with Crippen LogP contribution in [0.4, 0.5) is 0 Å². The summed E-state index contributed by atoms with van der Waals surface area (Å²) in [7, 11) is -1.22. The highest BCUT2D eigenvalue weighted by molar-refractivity contribution is 7.90. The molecule has 0 saturated heterocycles. The molecular formula is C14H23N3O3S. The fourth-order valence-electron chi connectivity index (χ4n) is 2.44. The summed E-state index contributed by atoms with van der Waals surface area (Å²) in [5.74, 6) is -0.161. The van der Waals surface area contributed by atoms with Gasteiger partial charge in [0, 0.05) is 43.6 Å². The third-order valence-electron chi connectivity index (χ3n) is 3.98. The number of aromatic nitrogens is 2. The summed E-state index contributed by atoms with van der Waals surface area (Å²) >= 11 is 0. The molecule has 6 nitrogen and oxygen atoms in total. The molecule has 21 heavy (non-hydrogen) atoms. The Balaban J connectivity index is 2.11. The predicted molar refractivity (Wildman–Crippen MR) is 80.6 cm³/mol. The van der Waals surface area contributed by atoms with Crippen LogP contribution in [0.25, 0.3) is 0 Å². The van der Waals surface area contributed by atoms with Crippen molar-refractivity contribution in [2.24, 2.45) is 7.05 Å². The van der Waals surface area contributed by atoms with Crippen LogP contribution in [-0.2, 0) is 28.2 Å². The molecule has 1 aliphatic carbocycles. The van der Waals surface area contributed by atoms with Gasteiger partial charge in [-0.3, -0.25) is 9.48 Å². The number of carbonyl (C=O) groups is 1. The summed E-state index contributed by atoms with van der Waals surface area (Å²) < 4.78 is 24.3. The third kappa shape index (κ3) is 4.06. The van der Waals surface area contributed by atoms with Gasteiger partial charge in [0.05, 0.1) is 11.4 Å². The molecule has 0 atom stereocenters. The number of amides is 1. The van der Waals surface area contributed by atoms with Crippen molar-refractivity contribution in [1.82, 2.24) is 14.7 Å². The first-order valence-electron chi connectivity index (χ1n) is 7.15. The quantitative estimate of drug-likeness (QED) is 0.784. The van der Waals surface area contributed by atoms with Crippen molar-refractivity contribution in [3.8, 4) is 0 Å². The van der Waals surface area contributed by atoms with Gasteiger partial charge >= 0.3 is 0 Å². The molecule has 7 heteroatoms. The van der Waals surface area contributed by atoms with E-state index in [-0.39, 0.29) is 24.1 Å². The summed E-state index contributed by atoms with van der Waals surface area (Å²) in [4.78, 5) is 14.2. The minimum Gasteiger partial charge on any atom is -0.335 e. The van der Waals surface area contributed by atoms with Crippen LogP contribution in [0.3, 0.4) is 0 Å². The predicted octanol–water partition coefficient (Wildman–Crippen LogP) is 0.963. The standard InChI is InChI=1S/C14H23N3O3S/c1-10-13(11(2)16(3)15-10)9-17(12-5-6-12)14(18)7-8-21(4,19)20/h12H,5-9H2,1-4H3. The van der Waals surface area contributed by atoms with E-state index < -0.39 is 9.84 Å². The van der Waals surface area contributed by atoms with Crippen molar-refractivity contribution in [1.29, 1.82) is 0 Å². The Bertz CT molecular complexity index is 645. The van der Waals surface area contributed by atoms with Gasteiger partial charge in [-0.15, -0.1) is 0 Å². The maximum atomic E-state index is 12.3. The number of rotatable bonds is 6. The second kappa shape index (κ2) is 5.79. The second-order valence-electron chi connectivity index (χ2n) is 5.91. The largest absolute Gasteiger partial charge is 0.335 e. The van der Waals surface area contributed by atoms with E-state index in [1.54, 1.807) is 0 Å². The lowest BCUT2D eigenvalue weighted by atomic mass is 10.1. The molecule has 1 fully saturated rings. The zero-order chi connectivity index (χ0) is 15.8. The molecule has 1 aliphatic rings.